The summed E-state index contributed by atoms with van der Waals surface area (Å²) in [5.74, 6) is 0.745. The number of hydrogen-bond donors (Lipinski definition) is 1. The molecule has 9 heteroatoms. The summed E-state index contributed by atoms with van der Waals surface area (Å²) in [5.41, 5.74) is 1.25. The minimum absolute atomic E-state index is 0.182. The fourth-order valence-electron chi connectivity index (χ4n) is 3.79. The first-order valence-electron chi connectivity index (χ1n) is 11.2. The van der Waals surface area contributed by atoms with Gasteiger partial charge in [-0.2, -0.15) is 5.26 Å². The third kappa shape index (κ3) is 6.41. The van der Waals surface area contributed by atoms with Crippen LogP contribution >= 0.6 is 11.3 Å². The predicted octanol–water partition coefficient (Wildman–Crippen LogP) is 5.64. The van der Waals surface area contributed by atoms with E-state index in [1.54, 1.807) is 12.1 Å². The van der Waals surface area contributed by atoms with Gasteiger partial charge in [0.25, 0.3) is 0 Å². The van der Waals surface area contributed by atoms with Crippen LogP contribution < -0.4 is 10.1 Å². The molecule has 0 spiro atoms. The molecule has 180 valence electrons. The first-order chi connectivity index (χ1) is 15.9. The average Bonchev–Trinajstić information content (AvgIpc) is 3.10. The number of carbonyl (C=O) groups excluding carboxylic acids is 1. The molecule has 2 aromatic heterocycles. The van der Waals surface area contributed by atoms with Crippen LogP contribution in [-0.2, 0) is 4.74 Å². The largest absolute Gasteiger partial charge is 0.490 e. The smallest absolute Gasteiger partial charge is 0.408 e. The normalized spacial score (nSPS) is 13.4. The lowest BCUT2D eigenvalue weighted by Crippen LogP contribution is -2.52. The van der Waals surface area contributed by atoms with E-state index in [0.717, 1.165) is 15.4 Å². The van der Waals surface area contributed by atoms with Crippen molar-refractivity contribution in [2.24, 2.45) is 5.92 Å². The van der Waals surface area contributed by atoms with Crippen LogP contribution in [0, 0.1) is 24.2 Å². The second-order valence-electron chi connectivity index (χ2n) is 10.0. The SMILES string of the molecule is Cc1nc2c(-c3ccc(OC[C@](C)(CC(C)C)NC(=O)OC(C)(C)C)c(C#N)c3)ncnc2s1. The van der Waals surface area contributed by atoms with Gasteiger partial charge in [0.15, 0.2) is 0 Å². The molecule has 3 aromatic rings. The summed E-state index contributed by atoms with van der Waals surface area (Å²) in [6.45, 7) is 13.6. The van der Waals surface area contributed by atoms with E-state index in [0.29, 0.717) is 34.9 Å². The summed E-state index contributed by atoms with van der Waals surface area (Å²) in [5, 5.41) is 13.6. The van der Waals surface area contributed by atoms with Crippen LogP contribution in [0.5, 0.6) is 5.75 Å². The number of aryl methyl sites for hydroxylation is 1. The zero-order valence-corrected chi connectivity index (χ0v) is 21.5. The number of nitrogens with one attached hydrogen (secondary N) is 1. The summed E-state index contributed by atoms with van der Waals surface area (Å²) in [6.07, 6.45) is 1.68. The molecule has 2 heterocycles. The maximum absolute atomic E-state index is 12.4. The minimum Gasteiger partial charge on any atom is -0.490 e. The van der Waals surface area contributed by atoms with E-state index in [2.05, 4.69) is 40.2 Å². The first kappa shape index (κ1) is 25.4. The summed E-state index contributed by atoms with van der Waals surface area (Å²) < 4.78 is 11.5. The number of nitriles is 1. The molecular formula is C25H31N5O3S. The summed E-state index contributed by atoms with van der Waals surface area (Å²) in [6, 6.07) is 7.56. The average molecular weight is 482 g/mol. The molecule has 0 saturated heterocycles. The van der Waals surface area contributed by atoms with Crippen LogP contribution in [-0.4, -0.2) is 38.8 Å². The Bertz CT molecular complexity index is 1230. The Kier molecular flexibility index (Phi) is 7.41. The fraction of sp³-hybridized carbons (Fsp3) is 0.480. The molecule has 1 amide bonds. The highest BCUT2D eigenvalue weighted by Crippen LogP contribution is 2.31. The molecule has 1 N–H and O–H groups in total. The highest BCUT2D eigenvalue weighted by molar-refractivity contribution is 7.18. The van der Waals surface area contributed by atoms with Crippen molar-refractivity contribution in [2.75, 3.05) is 6.61 Å². The highest BCUT2D eigenvalue weighted by atomic mass is 32.1. The molecule has 0 bridgehead atoms. The van der Waals surface area contributed by atoms with Crippen molar-refractivity contribution in [1.29, 1.82) is 5.26 Å². The van der Waals surface area contributed by atoms with Crippen molar-refractivity contribution in [3.05, 3.63) is 35.1 Å². The van der Waals surface area contributed by atoms with Gasteiger partial charge in [-0.15, -0.1) is 0 Å². The van der Waals surface area contributed by atoms with Gasteiger partial charge in [-0.3, -0.25) is 0 Å². The number of rotatable bonds is 7. The molecule has 0 saturated carbocycles. The monoisotopic (exact) mass is 481 g/mol. The number of hydrogen-bond acceptors (Lipinski definition) is 8. The number of aromatic nitrogens is 3. The molecule has 8 nitrogen and oxygen atoms in total. The van der Waals surface area contributed by atoms with E-state index in [1.165, 1.54) is 17.7 Å². The molecule has 0 aliphatic rings. The molecule has 1 aromatic carbocycles. The molecule has 34 heavy (non-hydrogen) atoms. The highest BCUT2D eigenvalue weighted by Gasteiger charge is 2.31. The summed E-state index contributed by atoms with van der Waals surface area (Å²) in [4.78, 5) is 26.5. The maximum atomic E-state index is 12.4. The second-order valence-corrected chi connectivity index (χ2v) is 11.2. The lowest BCUT2D eigenvalue weighted by atomic mass is 9.91. The van der Waals surface area contributed by atoms with Crippen LogP contribution in [0.15, 0.2) is 24.5 Å². The van der Waals surface area contributed by atoms with Gasteiger partial charge in [0.2, 0.25) is 0 Å². The Morgan fingerprint density at radius 3 is 2.62 bits per heavy atom. The number of amides is 1. The van der Waals surface area contributed by atoms with Gasteiger partial charge < -0.3 is 14.8 Å². The van der Waals surface area contributed by atoms with Crippen molar-refractivity contribution in [1.82, 2.24) is 20.3 Å². The first-order valence-corrected chi connectivity index (χ1v) is 12.0. The van der Waals surface area contributed by atoms with Gasteiger partial charge >= 0.3 is 6.09 Å². The third-order valence-electron chi connectivity index (χ3n) is 4.88. The number of alkyl carbamates (subject to hydrolysis) is 1. The summed E-state index contributed by atoms with van der Waals surface area (Å²) >= 11 is 1.50. The predicted molar refractivity (Wildman–Crippen MR) is 133 cm³/mol. The van der Waals surface area contributed by atoms with E-state index < -0.39 is 17.2 Å². The maximum Gasteiger partial charge on any atom is 0.408 e. The topological polar surface area (TPSA) is 110 Å². The van der Waals surface area contributed by atoms with Gasteiger partial charge in [0.05, 0.1) is 16.1 Å². The molecular weight excluding hydrogens is 450 g/mol. The number of carbonyl (C=O) groups is 1. The molecule has 0 aliphatic heterocycles. The molecule has 0 radical (unpaired) electrons. The zero-order chi connectivity index (χ0) is 25.1. The van der Waals surface area contributed by atoms with Crippen molar-refractivity contribution in [2.45, 2.75) is 66.0 Å². The zero-order valence-electron chi connectivity index (χ0n) is 20.7. The van der Waals surface area contributed by atoms with Crippen molar-refractivity contribution >= 4 is 27.8 Å². The standard InChI is InChI=1S/C25H31N5O3S/c1-15(2)11-25(7,30-23(31)33-24(4,5)6)13-32-19-9-8-17(10-18(19)12-26)20-21-22(28-14-27-20)34-16(3)29-21/h8-10,14-15H,11,13H2,1-7H3,(H,30,31)/t25-/m0/s1. The lowest BCUT2D eigenvalue weighted by Gasteiger charge is -2.33. The van der Waals surface area contributed by atoms with Crippen molar-refractivity contribution in [3.63, 3.8) is 0 Å². The Hall–Kier alpha value is -3.25. The minimum atomic E-state index is -0.682. The molecule has 0 unspecified atom stereocenters. The Labute approximate surface area is 204 Å². The summed E-state index contributed by atoms with van der Waals surface area (Å²) in [7, 11) is 0. The number of fused-ring (bicyclic) bond motifs is 1. The van der Waals surface area contributed by atoms with E-state index in [4.69, 9.17) is 9.47 Å². The number of ether oxygens (including phenoxy) is 2. The number of nitrogens with zero attached hydrogens (tertiary/aromatic N) is 4. The van der Waals surface area contributed by atoms with Crippen molar-refractivity contribution in [3.8, 4) is 23.1 Å². The Morgan fingerprint density at radius 1 is 1.24 bits per heavy atom. The van der Waals surface area contributed by atoms with E-state index in [-0.39, 0.29) is 6.61 Å². The van der Waals surface area contributed by atoms with Gasteiger partial charge in [-0.1, -0.05) is 25.2 Å². The molecule has 0 aliphatic carbocycles. The second kappa shape index (κ2) is 9.94. The van der Waals surface area contributed by atoms with Gasteiger partial charge in [0, 0.05) is 5.56 Å². The van der Waals surface area contributed by atoms with E-state index >= 15 is 0 Å². The van der Waals surface area contributed by atoms with E-state index in [9.17, 15) is 10.1 Å². The molecule has 0 fully saturated rings. The van der Waals surface area contributed by atoms with Gasteiger partial charge in [0.1, 0.15) is 46.4 Å². The lowest BCUT2D eigenvalue weighted by molar-refractivity contribution is 0.0408. The van der Waals surface area contributed by atoms with Gasteiger partial charge in [-0.25, -0.2) is 19.7 Å². The van der Waals surface area contributed by atoms with Crippen LogP contribution in [0.4, 0.5) is 4.79 Å². The number of benzene rings is 1. The quantitative estimate of drug-likeness (QED) is 0.465. The molecule has 3 rings (SSSR count). The Balaban J connectivity index is 1.83. The van der Waals surface area contributed by atoms with Crippen LogP contribution in [0.2, 0.25) is 0 Å². The number of thiazole rings is 1. The molecule has 1 atom stereocenters. The van der Waals surface area contributed by atoms with Crippen LogP contribution in [0.3, 0.4) is 0 Å². The third-order valence-corrected chi connectivity index (χ3v) is 5.76. The van der Waals surface area contributed by atoms with E-state index in [1.807, 2.05) is 40.7 Å². The Morgan fingerprint density at radius 2 is 1.97 bits per heavy atom. The fourth-order valence-corrected chi connectivity index (χ4v) is 4.55. The van der Waals surface area contributed by atoms with Crippen LogP contribution in [0.1, 0.15) is 58.5 Å². The van der Waals surface area contributed by atoms with Gasteiger partial charge in [-0.05, 0) is 65.2 Å². The van der Waals surface area contributed by atoms with Crippen molar-refractivity contribution < 1.29 is 14.3 Å². The van der Waals surface area contributed by atoms with Crippen LogP contribution in [0.25, 0.3) is 21.6 Å².